The second-order valence-electron chi connectivity index (χ2n) is 15.3. The normalized spacial score (nSPS) is 20.6. The van der Waals surface area contributed by atoms with Crippen molar-refractivity contribution < 1.29 is 38.2 Å². The number of methoxy groups -OCH3 is 2. The van der Waals surface area contributed by atoms with Crippen molar-refractivity contribution in [1.82, 2.24) is 30.4 Å². The number of aromatic nitrogens is 2. The first kappa shape index (κ1) is 40.5. The molecule has 2 saturated heterocycles. The number of rotatable bonds is 11. The predicted octanol–water partition coefficient (Wildman–Crippen LogP) is 4.63. The van der Waals surface area contributed by atoms with Gasteiger partial charge >= 0.3 is 12.2 Å². The molecule has 3 heterocycles. The van der Waals surface area contributed by atoms with Crippen molar-refractivity contribution in [3.8, 4) is 11.4 Å². The summed E-state index contributed by atoms with van der Waals surface area (Å²) in [4.78, 5) is 89.6. The molecule has 0 spiro atoms. The summed E-state index contributed by atoms with van der Waals surface area (Å²) in [6.07, 6.45) is 0.782. The smallest absolute Gasteiger partial charge is 0.407 e. The number of aromatic amines is 1. The van der Waals surface area contributed by atoms with Gasteiger partial charge in [-0.3, -0.25) is 19.2 Å². The van der Waals surface area contributed by atoms with Crippen molar-refractivity contribution in [3.63, 3.8) is 0 Å². The third-order valence-electron chi connectivity index (χ3n) is 10.7. The van der Waals surface area contributed by atoms with Gasteiger partial charge in [-0.15, -0.1) is 0 Å². The summed E-state index contributed by atoms with van der Waals surface area (Å²) in [6, 6.07) is 10.8. The van der Waals surface area contributed by atoms with Gasteiger partial charge in [0, 0.05) is 30.0 Å². The summed E-state index contributed by atoms with van der Waals surface area (Å²) in [5, 5.41) is 11.1. The number of likely N-dealkylation sites (tertiary alicyclic amines) is 2. The molecule has 296 valence electrons. The van der Waals surface area contributed by atoms with Crippen LogP contribution in [-0.2, 0) is 28.7 Å². The number of anilines is 2. The Morgan fingerprint density at radius 2 is 1.16 bits per heavy atom. The van der Waals surface area contributed by atoms with Crippen LogP contribution in [0.25, 0.3) is 22.4 Å². The number of fused-ring (bicyclic) bond motifs is 1. The van der Waals surface area contributed by atoms with Gasteiger partial charge in [0.05, 0.1) is 25.3 Å². The van der Waals surface area contributed by atoms with E-state index >= 15 is 0 Å². The number of nitrogens with one attached hydrogen (secondary N) is 5. The molecule has 5 N–H and O–H groups in total. The van der Waals surface area contributed by atoms with Crippen molar-refractivity contribution >= 4 is 58.2 Å². The zero-order chi connectivity index (χ0) is 40.2. The van der Waals surface area contributed by atoms with E-state index in [1.165, 1.54) is 14.2 Å². The fourth-order valence-corrected chi connectivity index (χ4v) is 7.31. The van der Waals surface area contributed by atoms with Crippen molar-refractivity contribution in [1.29, 1.82) is 0 Å². The van der Waals surface area contributed by atoms with Gasteiger partial charge in [0.25, 0.3) is 0 Å². The fraction of sp³-hybridized carbons (Fsp3) is 0.513. The SMILES string of the molecule is COC(=O)N[C@H](C(=O)N1CCC[C@@]1(C)C(=O)Nc1ccc(-c2nc3ccc(NC(=O)[C@]4(C)CCCN4C(=O)[C@@H](NC(=O)OC)C(C)C)cc3[nH]2)cc1)C(C)C. The van der Waals surface area contributed by atoms with E-state index < -0.39 is 35.3 Å². The van der Waals surface area contributed by atoms with Gasteiger partial charge in [0.2, 0.25) is 23.6 Å². The number of hydrogen-bond donors (Lipinski definition) is 5. The van der Waals surface area contributed by atoms with Gasteiger partial charge < -0.3 is 45.5 Å². The van der Waals surface area contributed by atoms with Gasteiger partial charge in [0.15, 0.2) is 0 Å². The Kier molecular flexibility index (Phi) is 12.1. The van der Waals surface area contributed by atoms with Gasteiger partial charge in [-0.05, 0) is 93.8 Å². The van der Waals surface area contributed by atoms with Crippen LogP contribution in [0.1, 0.15) is 67.2 Å². The van der Waals surface area contributed by atoms with Crippen molar-refractivity contribution in [2.75, 3.05) is 37.9 Å². The van der Waals surface area contributed by atoms with Gasteiger partial charge in [-0.2, -0.15) is 0 Å². The quantitative estimate of drug-likeness (QED) is 0.185. The molecule has 5 rings (SSSR count). The standard InChI is InChI=1S/C39H52N8O8/c1-22(2)29(44-36(52)54-7)32(48)46-19-9-17-38(46,5)34(50)40-25-13-11-24(12-14-25)31-42-27-16-15-26(21-28(27)43-31)41-35(51)39(6)18-10-20-47(39)33(49)30(23(3)4)45-37(53)55-8/h11-16,21-23,29-30H,9-10,17-20H2,1-8H3,(H,40,50)(H,41,51)(H,42,43)(H,44,52)(H,45,53)/t29-,30-,38-,39-/m0/s1. The van der Waals surface area contributed by atoms with Crippen molar-refractivity contribution in [2.24, 2.45) is 11.8 Å². The van der Waals surface area contributed by atoms with Crippen LogP contribution < -0.4 is 21.3 Å². The molecule has 3 aromatic rings. The van der Waals surface area contributed by atoms with Gasteiger partial charge in [0.1, 0.15) is 29.0 Å². The number of carbonyl (C=O) groups excluding carboxylic acids is 6. The zero-order valence-corrected chi connectivity index (χ0v) is 32.7. The van der Waals surface area contributed by atoms with E-state index in [9.17, 15) is 28.8 Å². The first-order chi connectivity index (χ1) is 26.0. The van der Waals surface area contributed by atoms with E-state index in [-0.39, 0.29) is 35.5 Å². The zero-order valence-electron chi connectivity index (χ0n) is 32.7. The molecule has 1 aromatic heterocycles. The van der Waals surface area contributed by atoms with Gasteiger partial charge in [-0.25, -0.2) is 14.6 Å². The van der Waals surface area contributed by atoms with Crippen molar-refractivity contribution in [3.05, 3.63) is 42.5 Å². The molecule has 2 aliphatic rings. The average molecular weight is 761 g/mol. The van der Waals surface area contributed by atoms with Crippen LogP contribution in [0.5, 0.6) is 0 Å². The molecule has 2 aliphatic heterocycles. The maximum absolute atomic E-state index is 13.7. The molecule has 2 aromatic carbocycles. The lowest BCUT2D eigenvalue weighted by Crippen LogP contribution is -2.59. The van der Waals surface area contributed by atoms with Crippen molar-refractivity contribution in [2.45, 2.75) is 90.4 Å². The number of benzene rings is 2. The number of amides is 6. The van der Waals surface area contributed by atoms with Crippen LogP contribution in [0.4, 0.5) is 21.0 Å². The second kappa shape index (κ2) is 16.4. The molecule has 16 heteroatoms. The highest BCUT2D eigenvalue weighted by Gasteiger charge is 2.49. The monoisotopic (exact) mass is 760 g/mol. The molecular formula is C39H52N8O8. The number of imidazole rings is 1. The molecule has 16 nitrogen and oxygen atoms in total. The minimum Gasteiger partial charge on any atom is -0.453 e. The average Bonchev–Trinajstić information content (AvgIpc) is 3.89. The van der Waals surface area contributed by atoms with Crippen LogP contribution in [-0.4, -0.2) is 106 Å². The van der Waals surface area contributed by atoms with E-state index in [0.29, 0.717) is 67.0 Å². The Hall–Kier alpha value is -5.67. The van der Waals surface area contributed by atoms with E-state index in [1.54, 1.807) is 54.0 Å². The molecule has 4 atom stereocenters. The summed E-state index contributed by atoms with van der Waals surface area (Å²) in [5.74, 6) is -1.23. The Labute approximate surface area is 320 Å². The summed E-state index contributed by atoms with van der Waals surface area (Å²) < 4.78 is 9.42. The number of alkyl carbamates (subject to hydrolysis) is 2. The first-order valence-electron chi connectivity index (χ1n) is 18.6. The van der Waals surface area contributed by atoms with E-state index in [4.69, 9.17) is 14.5 Å². The topological polar surface area (TPSA) is 204 Å². The Bertz CT molecular complexity index is 1940. The molecule has 0 aliphatic carbocycles. The minimum absolute atomic E-state index is 0.221. The van der Waals surface area contributed by atoms with Crippen LogP contribution in [0, 0.1) is 11.8 Å². The summed E-state index contributed by atoms with van der Waals surface area (Å²) in [7, 11) is 2.47. The van der Waals surface area contributed by atoms with Crippen LogP contribution >= 0.6 is 0 Å². The highest BCUT2D eigenvalue weighted by molar-refractivity contribution is 6.03. The number of nitrogens with zero attached hydrogens (tertiary/aromatic N) is 3. The fourth-order valence-electron chi connectivity index (χ4n) is 7.31. The second-order valence-corrected chi connectivity index (χ2v) is 15.3. The molecule has 6 amide bonds. The number of carbonyl (C=O) groups is 6. The lowest BCUT2D eigenvalue weighted by atomic mass is 9.95. The molecular weight excluding hydrogens is 708 g/mol. The molecule has 55 heavy (non-hydrogen) atoms. The Balaban J connectivity index is 1.26. The summed E-state index contributed by atoms with van der Waals surface area (Å²) in [5.41, 5.74) is 0.915. The third-order valence-corrected chi connectivity index (χ3v) is 10.7. The first-order valence-corrected chi connectivity index (χ1v) is 18.6. The molecule has 0 radical (unpaired) electrons. The van der Waals surface area contributed by atoms with Crippen LogP contribution in [0.3, 0.4) is 0 Å². The summed E-state index contributed by atoms with van der Waals surface area (Å²) in [6.45, 7) is 11.5. The molecule has 0 unspecified atom stereocenters. The lowest BCUT2D eigenvalue weighted by molar-refractivity contribution is -0.144. The maximum Gasteiger partial charge on any atom is 0.407 e. The predicted molar refractivity (Wildman–Crippen MR) is 206 cm³/mol. The number of H-pyrrole nitrogens is 1. The summed E-state index contributed by atoms with van der Waals surface area (Å²) >= 11 is 0. The highest BCUT2D eigenvalue weighted by Crippen LogP contribution is 2.34. The van der Waals surface area contributed by atoms with Gasteiger partial charge in [-0.1, -0.05) is 27.7 Å². The lowest BCUT2D eigenvalue weighted by Gasteiger charge is -2.37. The Morgan fingerprint density at radius 3 is 1.62 bits per heavy atom. The largest absolute Gasteiger partial charge is 0.453 e. The third kappa shape index (κ3) is 8.37. The highest BCUT2D eigenvalue weighted by atomic mass is 16.5. The minimum atomic E-state index is -1.13. The van der Waals surface area contributed by atoms with E-state index in [1.807, 2.05) is 39.8 Å². The van der Waals surface area contributed by atoms with Crippen LogP contribution in [0.15, 0.2) is 42.5 Å². The molecule has 2 fully saturated rings. The van der Waals surface area contributed by atoms with Crippen LogP contribution in [0.2, 0.25) is 0 Å². The van der Waals surface area contributed by atoms with E-state index in [2.05, 4.69) is 26.3 Å². The molecule has 0 bridgehead atoms. The number of hydrogen-bond acceptors (Lipinski definition) is 9. The maximum atomic E-state index is 13.7. The molecule has 0 saturated carbocycles. The Morgan fingerprint density at radius 1 is 0.709 bits per heavy atom. The van der Waals surface area contributed by atoms with E-state index in [0.717, 1.165) is 5.56 Å². The number of ether oxygens (including phenoxy) is 2.